The molecule has 1 aliphatic heterocycles. The monoisotopic (exact) mass is 467 g/mol. The second-order valence-electron chi connectivity index (χ2n) is 8.53. The number of nitrogens with zero attached hydrogens (tertiary/aromatic N) is 1. The van der Waals surface area contributed by atoms with Crippen LogP contribution in [-0.2, 0) is 11.4 Å². The first-order valence-electron chi connectivity index (χ1n) is 11.4. The maximum Gasteiger partial charge on any atom is 0.257 e. The number of benzene rings is 3. The third kappa shape index (κ3) is 4.66. The van der Waals surface area contributed by atoms with E-state index >= 15 is 0 Å². The van der Waals surface area contributed by atoms with E-state index in [9.17, 15) is 9.59 Å². The fourth-order valence-corrected chi connectivity index (χ4v) is 4.25. The lowest BCUT2D eigenvalue weighted by atomic mass is 9.86. The zero-order valence-corrected chi connectivity index (χ0v) is 19.5. The Morgan fingerprint density at radius 3 is 2.49 bits per heavy atom. The summed E-state index contributed by atoms with van der Waals surface area (Å²) < 4.78 is 11.6. The van der Waals surface area contributed by atoms with Gasteiger partial charge in [0, 0.05) is 17.9 Å². The summed E-state index contributed by atoms with van der Waals surface area (Å²) in [7, 11) is 1.57. The predicted octanol–water partition coefficient (Wildman–Crippen LogP) is 4.81. The van der Waals surface area contributed by atoms with Crippen LogP contribution in [0.3, 0.4) is 0 Å². The van der Waals surface area contributed by atoms with Crippen LogP contribution in [0.2, 0.25) is 0 Å². The number of methoxy groups -OCH3 is 1. The number of aryl methyl sites for hydroxylation is 1. The molecule has 1 amide bonds. The molecule has 0 aliphatic carbocycles. The van der Waals surface area contributed by atoms with Crippen LogP contribution in [0, 0.1) is 6.92 Å². The molecule has 4 aromatic rings. The third-order valence-electron chi connectivity index (χ3n) is 6.10. The molecule has 0 spiro atoms. The number of H-pyrrole nitrogens is 1. The summed E-state index contributed by atoms with van der Waals surface area (Å²) in [6, 6.07) is 23.0. The molecule has 2 heterocycles. The first-order chi connectivity index (χ1) is 17.0. The Morgan fingerprint density at radius 1 is 0.971 bits per heavy atom. The molecule has 0 radical (unpaired) electrons. The van der Waals surface area contributed by atoms with Crippen molar-refractivity contribution >= 4 is 11.7 Å². The van der Waals surface area contributed by atoms with Crippen molar-refractivity contribution in [1.29, 1.82) is 0 Å². The maximum absolute atomic E-state index is 13.2. The summed E-state index contributed by atoms with van der Waals surface area (Å²) in [6.45, 7) is 2.44. The first kappa shape index (κ1) is 22.4. The van der Waals surface area contributed by atoms with E-state index in [1.165, 1.54) is 5.56 Å². The molecule has 176 valence electrons. The Morgan fingerprint density at radius 2 is 1.74 bits per heavy atom. The van der Waals surface area contributed by atoms with Gasteiger partial charge in [0.15, 0.2) is 11.5 Å². The number of amides is 1. The van der Waals surface area contributed by atoms with Crippen molar-refractivity contribution in [3.05, 3.63) is 105 Å². The summed E-state index contributed by atoms with van der Waals surface area (Å²) in [4.78, 5) is 33.1. The van der Waals surface area contributed by atoms with Gasteiger partial charge in [-0.25, -0.2) is 4.98 Å². The van der Waals surface area contributed by atoms with Crippen LogP contribution in [-0.4, -0.2) is 23.0 Å². The van der Waals surface area contributed by atoms with Crippen molar-refractivity contribution in [1.82, 2.24) is 9.97 Å². The fourth-order valence-electron chi connectivity index (χ4n) is 4.25. The number of anilines is 1. The van der Waals surface area contributed by atoms with Crippen LogP contribution in [0.5, 0.6) is 11.5 Å². The van der Waals surface area contributed by atoms with E-state index in [1.807, 2.05) is 79.7 Å². The normalized spacial score (nSPS) is 14.7. The van der Waals surface area contributed by atoms with Gasteiger partial charge in [-0.15, -0.1) is 0 Å². The van der Waals surface area contributed by atoms with Crippen molar-refractivity contribution in [3.8, 4) is 22.9 Å². The standard InChI is InChI=1S/C28H25N3O4/c1-17-8-10-18(11-9-17)16-35-22-13-12-20(14-23(22)34-2)21-15-24(32)29-27-25(21)28(33)31-26(30-27)19-6-4-3-5-7-19/h3-14,21H,15-16H2,1-2H3,(H2,29,30,31,32,33)/t21-/m1/s1. The lowest BCUT2D eigenvalue weighted by Gasteiger charge is -2.25. The SMILES string of the molecule is COc1cc([C@H]2CC(=O)Nc3nc(-c4ccccc4)[nH]c(=O)c32)ccc1OCc1ccc(C)cc1. The van der Waals surface area contributed by atoms with Crippen LogP contribution in [0.15, 0.2) is 77.6 Å². The number of nitrogens with one attached hydrogen (secondary N) is 2. The van der Waals surface area contributed by atoms with E-state index < -0.39 is 5.92 Å². The fraction of sp³-hybridized carbons (Fsp3) is 0.179. The number of rotatable bonds is 6. The van der Waals surface area contributed by atoms with Crippen LogP contribution in [0.4, 0.5) is 5.82 Å². The molecule has 0 unspecified atom stereocenters. The molecule has 35 heavy (non-hydrogen) atoms. The topological polar surface area (TPSA) is 93.3 Å². The van der Waals surface area contributed by atoms with E-state index in [1.54, 1.807) is 7.11 Å². The highest BCUT2D eigenvalue weighted by Gasteiger charge is 2.31. The van der Waals surface area contributed by atoms with Crippen molar-refractivity contribution in [2.24, 2.45) is 0 Å². The van der Waals surface area contributed by atoms with Gasteiger partial charge in [0.2, 0.25) is 5.91 Å². The van der Waals surface area contributed by atoms with E-state index in [4.69, 9.17) is 9.47 Å². The van der Waals surface area contributed by atoms with E-state index in [0.717, 1.165) is 16.7 Å². The minimum Gasteiger partial charge on any atom is -0.493 e. The zero-order valence-electron chi connectivity index (χ0n) is 19.5. The van der Waals surface area contributed by atoms with Crippen LogP contribution in [0.25, 0.3) is 11.4 Å². The van der Waals surface area contributed by atoms with Gasteiger partial charge in [-0.2, -0.15) is 0 Å². The Bertz CT molecular complexity index is 1430. The summed E-state index contributed by atoms with van der Waals surface area (Å²) in [6.07, 6.45) is 0.134. The molecule has 1 aromatic heterocycles. The van der Waals surface area contributed by atoms with Crippen LogP contribution >= 0.6 is 0 Å². The first-order valence-corrected chi connectivity index (χ1v) is 11.4. The van der Waals surface area contributed by atoms with E-state index in [0.29, 0.717) is 29.5 Å². The van der Waals surface area contributed by atoms with E-state index in [2.05, 4.69) is 15.3 Å². The molecule has 0 saturated carbocycles. The smallest absolute Gasteiger partial charge is 0.257 e. The van der Waals surface area contributed by atoms with Crippen LogP contribution in [0.1, 0.15) is 34.6 Å². The molecule has 0 bridgehead atoms. The number of hydrogen-bond acceptors (Lipinski definition) is 5. The molecule has 0 fully saturated rings. The van der Waals surface area contributed by atoms with Gasteiger partial charge < -0.3 is 19.8 Å². The molecule has 1 atom stereocenters. The van der Waals surface area contributed by atoms with Gasteiger partial charge in [0.05, 0.1) is 12.7 Å². The minimum absolute atomic E-state index is 0.134. The van der Waals surface area contributed by atoms with Gasteiger partial charge in [-0.1, -0.05) is 66.2 Å². The Kier molecular flexibility index (Phi) is 6.06. The number of hydrogen-bond donors (Lipinski definition) is 2. The highest BCUT2D eigenvalue weighted by molar-refractivity contribution is 5.94. The zero-order chi connectivity index (χ0) is 24.4. The number of carbonyl (C=O) groups is 1. The molecule has 7 nitrogen and oxygen atoms in total. The molecular formula is C28H25N3O4. The minimum atomic E-state index is -0.458. The summed E-state index contributed by atoms with van der Waals surface area (Å²) in [5.41, 5.74) is 3.93. The van der Waals surface area contributed by atoms with E-state index in [-0.39, 0.29) is 23.7 Å². The highest BCUT2D eigenvalue weighted by Crippen LogP contribution is 2.38. The third-order valence-corrected chi connectivity index (χ3v) is 6.10. The molecule has 1 aliphatic rings. The maximum atomic E-state index is 13.2. The lowest BCUT2D eigenvalue weighted by molar-refractivity contribution is -0.116. The van der Waals surface area contributed by atoms with Gasteiger partial charge in [-0.3, -0.25) is 9.59 Å². The quantitative estimate of drug-likeness (QED) is 0.425. The average molecular weight is 468 g/mol. The summed E-state index contributed by atoms with van der Waals surface area (Å²) in [5, 5.41) is 2.77. The highest BCUT2D eigenvalue weighted by atomic mass is 16.5. The Hall–Kier alpha value is -4.39. The number of ether oxygens (including phenoxy) is 2. The average Bonchev–Trinajstić information content (AvgIpc) is 2.88. The lowest BCUT2D eigenvalue weighted by Crippen LogP contribution is -2.31. The summed E-state index contributed by atoms with van der Waals surface area (Å²) >= 11 is 0. The number of aromatic nitrogens is 2. The molecule has 5 rings (SSSR count). The second-order valence-corrected chi connectivity index (χ2v) is 8.53. The molecule has 0 saturated heterocycles. The summed E-state index contributed by atoms with van der Waals surface area (Å²) in [5.74, 6) is 1.16. The van der Waals surface area contributed by atoms with Crippen molar-refractivity contribution in [2.45, 2.75) is 25.9 Å². The second kappa shape index (κ2) is 9.46. The van der Waals surface area contributed by atoms with Gasteiger partial charge in [-0.05, 0) is 30.2 Å². The molecule has 3 aromatic carbocycles. The molecular weight excluding hydrogens is 442 g/mol. The van der Waals surface area contributed by atoms with Crippen LogP contribution < -0.4 is 20.3 Å². The van der Waals surface area contributed by atoms with Crippen molar-refractivity contribution in [3.63, 3.8) is 0 Å². The predicted molar refractivity (Wildman–Crippen MR) is 134 cm³/mol. The van der Waals surface area contributed by atoms with Gasteiger partial charge in [0.1, 0.15) is 18.2 Å². The van der Waals surface area contributed by atoms with Crippen molar-refractivity contribution in [2.75, 3.05) is 12.4 Å². The number of fused-ring (bicyclic) bond motifs is 1. The van der Waals surface area contributed by atoms with Crippen molar-refractivity contribution < 1.29 is 14.3 Å². The molecule has 7 heteroatoms. The Balaban J connectivity index is 1.46. The number of carbonyl (C=O) groups excluding carboxylic acids is 1. The number of aromatic amines is 1. The van der Waals surface area contributed by atoms with Gasteiger partial charge in [0.25, 0.3) is 5.56 Å². The van der Waals surface area contributed by atoms with Gasteiger partial charge >= 0.3 is 0 Å². The Labute approximate surface area is 202 Å². The largest absolute Gasteiger partial charge is 0.493 e. The molecule has 2 N–H and O–H groups in total.